The van der Waals surface area contributed by atoms with Gasteiger partial charge in [0.1, 0.15) is 5.82 Å². The molecular formula is C16H25FS2. The van der Waals surface area contributed by atoms with E-state index in [1.807, 2.05) is 13.8 Å². The molecule has 0 aliphatic rings. The van der Waals surface area contributed by atoms with E-state index in [4.69, 9.17) is 0 Å². The van der Waals surface area contributed by atoms with E-state index in [9.17, 15) is 4.39 Å². The van der Waals surface area contributed by atoms with Crippen LogP contribution in [0, 0.1) is 11.7 Å². The molecule has 0 nitrogen and oxygen atoms in total. The highest BCUT2D eigenvalue weighted by Gasteiger charge is 2.15. The Kier molecular flexibility index (Phi) is 7.16. The quantitative estimate of drug-likeness (QED) is 0.559. The average Bonchev–Trinajstić information content (AvgIpc) is 2.74. The van der Waals surface area contributed by atoms with Crippen LogP contribution in [-0.2, 0) is 6.42 Å². The molecule has 1 rings (SSSR count). The molecule has 1 aromatic rings. The van der Waals surface area contributed by atoms with Crippen molar-refractivity contribution in [2.24, 2.45) is 5.92 Å². The molecular weight excluding hydrogens is 275 g/mol. The Morgan fingerprint density at radius 2 is 2.05 bits per heavy atom. The Morgan fingerprint density at radius 3 is 2.58 bits per heavy atom. The molecule has 0 saturated heterocycles. The Morgan fingerprint density at radius 1 is 1.37 bits per heavy atom. The number of thiol groups is 1. The fourth-order valence-corrected chi connectivity index (χ4v) is 3.52. The second-order valence-electron chi connectivity index (χ2n) is 5.21. The molecule has 1 aromatic heterocycles. The monoisotopic (exact) mass is 300 g/mol. The highest BCUT2D eigenvalue weighted by Crippen LogP contribution is 2.32. The standard InChI is InChI=1S/C16H25FS2/c1-5-7-8-13(6-2)9-16-14(17)10-15(19-16)11(3)12(4)18/h10,13,18H,5-9H2,1-4H3/b12-11-. The normalized spacial score (nSPS) is 14.4. The number of allylic oxidation sites excluding steroid dienone is 2. The zero-order chi connectivity index (χ0) is 14.4. The maximum atomic E-state index is 14.0. The van der Waals surface area contributed by atoms with Crippen molar-refractivity contribution in [1.82, 2.24) is 0 Å². The van der Waals surface area contributed by atoms with Gasteiger partial charge in [0, 0.05) is 9.75 Å². The zero-order valence-electron chi connectivity index (χ0n) is 12.4. The van der Waals surface area contributed by atoms with Gasteiger partial charge in [-0.25, -0.2) is 4.39 Å². The summed E-state index contributed by atoms with van der Waals surface area (Å²) in [5, 5.41) is 0. The van der Waals surface area contributed by atoms with Gasteiger partial charge in [-0.2, -0.15) is 0 Å². The SMILES string of the molecule is CCCCC(CC)Cc1sc(/C(C)=C(/C)S)cc1F. The van der Waals surface area contributed by atoms with Gasteiger partial charge < -0.3 is 0 Å². The predicted octanol–water partition coefficient (Wildman–Crippen LogP) is 6.33. The topological polar surface area (TPSA) is 0 Å². The Labute approximate surface area is 126 Å². The summed E-state index contributed by atoms with van der Waals surface area (Å²) in [5.74, 6) is 0.575. The Hall–Kier alpha value is -0.280. The fraction of sp³-hybridized carbons (Fsp3) is 0.625. The third kappa shape index (κ3) is 4.96. The molecule has 1 atom stereocenters. The van der Waals surface area contributed by atoms with Crippen LogP contribution in [-0.4, -0.2) is 0 Å². The number of hydrogen-bond donors (Lipinski definition) is 1. The summed E-state index contributed by atoms with van der Waals surface area (Å²) in [7, 11) is 0. The van der Waals surface area contributed by atoms with Crippen molar-refractivity contribution in [3.63, 3.8) is 0 Å². The molecule has 19 heavy (non-hydrogen) atoms. The molecule has 1 unspecified atom stereocenters. The highest BCUT2D eigenvalue weighted by atomic mass is 32.1. The van der Waals surface area contributed by atoms with Crippen molar-refractivity contribution in [3.05, 3.63) is 26.5 Å². The van der Waals surface area contributed by atoms with Gasteiger partial charge >= 0.3 is 0 Å². The first-order valence-electron chi connectivity index (χ1n) is 7.14. The molecule has 0 bridgehead atoms. The molecule has 108 valence electrons. The molecule has 0 amide bonds. The van der Waals surface area contributed by atoms with Crippen LogP contribution in [0.4, 0.5) is 4.39 Å². The largest absolute Gasteiger partial charge is 0.206 e. The molecule has 0 aromatic carbocycles. The first-order valence-corrected chi connectivity index (χ1v) is 8.40. The van der Waals surface area contributed by atoms with E-state index in [1.165, 1.54) is 19.3 Å². The van der Waals surface area contributed by atoms with Crippen molar-refractivity contribution >= 4 is 29.5 Å². The van der Waals surface area contributed by atoms with E-state index in [0.29, 0.717) is 5.92 Å². The van der Waals surface area contributed by atoms with Crippen LogP contribution in [0.2, 0.25) is 0 Å². The lowest BCUT2D eigenvalue weighted by atomic mass is 9.95. The number of hydrogen-bond acceptors (Lipinski definition) is 2. The van der Waals surface area contributed by atoms with E-state index in [1.54, 1.807) is 17.4 Å². The van der Waals surface area contributed by atoms with Gasteiger partial charge in [-0.05, 0) is 42.7 Å². The number of halogens is 1. The molecule has 0 radical (unpaired) electrons. The van der Waals surface area contributed by atoms with E-state index in [-0.39, 0.29) is 5.82 Å². The van der Waals surface area contributed by atoms with Crippen LogP contribution in [0.15, 0.2) is 11.0 Å². The lowest BCUT2D eigenvalue weighted by Crippen LogP contribution is -2.03. The van der Waals surface area contributed by atoms with Gasteiger partial charge in [-0.1, -0.05) is 39.5 Å². The van der Waals surface area contributed by atoms with Gasteiger partial charge in [-0.15, -0.1) is 24.0 Å². The summed E-state index contributed by atoms with van der Waals surface area (Å²) < 4.78 is 14.0. The van der Waals surface area contributed by atoms with Crippen LogP contribution in [0.3, 0.4) is 0 Å². The zero-order valence-corrected chi connectivity index (χ0v) is 14.1. The molecule has 0 fully saturated rings. The van der Waals surface area contributed by atoms with Crippen molar-refractivity contribution in [3.8, 4) is 0 Å². The van der Waals surface area contributed by atoms with Crippen LogP contribution in [0.5, 0.6) is 0 Å². The molecule has 0 spiro atoms. The summed E-state index contributed by atoms with van der Waals surface area (Å²) in [5.41, 5.74) is 1.08. The third-order valence-electron chi connectivity index (χ3n) is 3.69. The van der Waals surface area contributed by atoms with E-state index in [2.05, 4.69) is 26.5 Å². The summed E-state index contributed by atoms with van der Waals surface area (Å²) in [6.07, 6.45) is 5.68. The molecule has 0 aliphatic heterocycles. The van der Waals surface area contributed by atoms with E-state index < -0.39 is 0 Å². The minimum Gasteiger partial charge on any atom is -0.206 e. The molecule has 0 N–H and O–H groups in total. The number of thiophene rings is 1. The lowest BCUT2D eigenvalue weighted by Gasteiger charge is -2.12. The summed E-state index contributed by atoms with van der Waals surface area (Å²) in [6, 6.07) is 1.67. The second kappa shape index (κ2) is 8.11. The minimum atomic E-state index is -0.0381. The fourth-order valence-electron chi connectivity index (χ4n) is 2.11. The van der Waals surface area contributed by atoms with Gasteiger partial charge in [0.25, 0.3) is 0 Å². The van der Waals surface area contributed by atoms with Crippen molar-refractivity contribution < 1.29 is 4.39 Å². The van der Waals surface area contributed by atoms with Crippen molar-refractivity contribution in [2.45, 2.75) is 59.8 Å². The van der Waals surface area contributed by atoms with Gasteiger partial charge in [0.15, 0.2) is 0 Å². The van der Waals surface area contributed by atoms with Crippen molar-refractivity contribution in [2.75, 3.05) is 0 Å². The third-order valence-corrected chi connectivity index (χ3v) is 5.27. The molecule has 0 saturated carbocycles. The predicted molar refractivity (Wildman–Crippen MR) is 88.5 cm³/mol. The molecule has 0 aliphatic carbocycles. The maximum Gasteiger partial charge on any atom is 0.137 e. The minimum absolute atomic E-state index is 0.0381. The first-order chi connectivity index (χ1) is 8.99. The van der Waals surface area contributed by atoms with Gasteiger partial charge in [0.05, 0.1) is 0 Å². The van der Waals surface area contributed by atoms with Crippen LogP contribution in [0.1, 0.15) is 63.1 Å². The van der Waals surface area contributed by atoms with Gasteiger partial charge in [0.2, 0.25) is 0 Å². The molecule has 3 heteroatoms. The van der Waals surface area contributed by atoms with Crippen molar-refractivity contribution in [1.29, 1.82) is 0 Å². The van der Waals surface area contributed by atoms with E-state index in [0.717, 1.165) is 33.1 Å². The smallest absolute Gasteiger partial charge is 0.137 e. The van der Waals surface area contributed by atoms with E-state index >= 15 is 0 Å². The van der Waals surface area contributed by atoms with Crippen LogP contribution >= 0.6 is 24.0 Å². The summed E-state index contributed by atoms with van der Waals surface area (Å²) >= 11 is 5.94. The Bertz CT molecular complexity index is 428. The maximum absolute atomic E-state index is 14.0. The number of unbranched alkanes of at least 4 members (excludes halogenated alkanes) is 1. The first kappa shape index (κ1) is 16.8. The number of rotatable bonds is 7. The second-order valence-corrected chi connectivity index (χ2v) is 7.02. The summed E-state index contributed by atoms with van der Waals surface area (Å²) in [6.45, 7) is 8.37. The Balaban J connectivity index is 2.81. The van der Waals surface area contributed by atoms with Crippen LogP contribution < -0.4 is 0 Å². The van der Waals surface area contributed by atoms with Gasteiger partial charge in [-0.3, -0.25) is 0 Å². The average molecular weight is 301 g/mol. The summed E-state index contributed by atoms with van der Waals surface area (Å²) in [4.78, 5) is 2.89. The highest BCUT2D eigenvalue weighted by molar-refractivity contribution is 7.84. The lowest BCUT2D eigenvalue weighted by molar-refractivity contribution is 0.444. The molecule has 1 heterocycles. The van der Waals surface area contributed by atoms with Crippen LogP contribution in [0.25, 0.3) is 5.57 Å².